The van der Waals surface area contributed by atoms with Crippen LogP contribution in [0.3, 0.4) is 0 Å². The molecule has 3 nitrogen and oxygen atoms in total. The lowest BCUT2D eigenvalue weighted by Gasteiger charge is -2.09. The summed E-state index contributed by atoms with van der Waals surface area (Å²) < 4.78 is 11.2. The molecule has 0 aromatic heterocycles. The summed E-state index contributed by atoms with van der Waals surface area (Å²) in [6.45, 7) is 7.20. The molecular weight excluding hydrogens is 324 g/mol. The van der Waals surface area contributed by atoms with Gasteiger partial charge in [0.25, 0.3) is 0 Å². The molecule has 26 heavy (non-hydrogen) atoms. The first-order chi connectivity index (χ1) is 12.6. The first-order valence-corrected chi connectivity index (χ1v) is 9.65. The number of esters is 1. The molecule has 0 spiro atoms. The number of rotatable bonds is 10. The maximum atomic E-state index is 12.2. The highest BCUT2D eigenvalue weighted by atomic mass is 16.5. The van der Waals surface area contributed by atoms with E-state index in [0.29, 0.717) is 17.2 Å². The topological polar surface area (TPSA) is 35.5 Å². The molecule has 0 unspecified atom stereocenters. The van der Waals surface area contributed by atoms with Crippen LogP contribution in [0, 0.1) is 0 Å². The van der Waals surface area contributed by atoms with Gasteiger partial charge in [-0.1, -0.05) is 58.6 Å². The minimum Gasteiger partial charge on any atom is -0.494 e. The van der Waals surface area contributed by atoms with Crippen molar-refractivity contribution in [1.82, 2.24) is 0 Å². The number of ether oxygens (including phenoxy) is 2. The third kappa shape index (κ3) is 6.55. The van der Waals surface area contributed by atoms with Gasteiger partial charge in [0, 0.05) is 0 Å². The summed E-state index contributed by atoms with van der Waals surface area (Å²) in [6.07, 6.45) is 6.10. The van der Waals surface area contributed by atoms with E-state index in [1.165, 1.54) is 31.2 Å². The normalized spacial score (nSPS) is 10.8. The highest BCUT2D eigenvalue weighted by molar-refractivity contribution is 5.91. The van der Waals surface area contributed by atoms with Crippen LogP contribution in [0.25, 0.3) is 0 Å². The van der Waals surface area contributed by atoms with Crippen molar-refractivity contribution in [2.75, 3.05) is 6.61 Å². The fourth-order valence-corrected chi connectivity index (χ4v) is 2.67. The van der Waals surface area contributed by atoms with Crippen LogP contribution in [0.4, 0.5) is 0 Å². The second-order valence-electron chi connectivity index (χ2n) is 6.90. The zero-order valence-electron chi connectivity index (χ0n) is 16.2. The second kappa shape index (κ2) is 10.6. The fourth-order valence-electron chi connectivity index (χ4n) is 2.67. The van der Waals surface area contributed by atoms with Gasteiger partial charge in [-0.3, -0.25) is 0 Å². The summed E-state index contributed by atoms with van der Waals surface area (Å²) in [5, 5.41) is 0. The molecule has 0 atom stereocenters. The molecule has 0 aliphatic heterocycles. The summed E-state index contributed by atoms with van der Waals surface area (Å²) >= 11 is 0. The van der Waals surface area contributed by atoms with Crippen LogP contribution in [-0.4, -0.2) is 12.6 Å². The van der Waals surface area contributed by atoms with E-state index in [4.69, 9.17) is 9.47 Å². The van der Waals surface area contributed by atoms with Gasteiger partial charge in [0.2, 0.25) is 0 Å². The zero-order valence-corrected chi connectivity index (χ0v) is 16.2. The Kier molecular flexibility index (Phi) is 8.20. The molecule has 140 valence electrons. The van der Waals surface area contributed by atoms with Crippen LogP contribution < -0.4 is 9.47 Å². The van der Waals surface area contributed by atoms with Crippen LogP contribution in [0.5, 0.6) is 11.5 Å². The Hall–Kier alpha value is -2.29. The average Bonchev–Trinajstić information content (AvgIpc) is 2.66. The summed E-state index contributed by atoms with van der Waals surface area (Å²) in [6, 6.07) is 14.8. The molecule has 0 fully saturated rings. The van der Waals surface area contributed by atoms with Gasteiger partial charge in [0.1, 0.15) is 11.5 Å². The van der Waals surface area contributed by atoms with Crippen molar-refractivity contribution in [3.63, 3.8) is 0 Å². The highest BCUT2D eigenvalue weighted by Crippen LogP contribution is 2.20. The molecule has 0 saturated carbocycles. The van der Waals surface area contributed by atoms with Gasteiger partial charge in [-0.2, -0.15) is 0 Å². The van der Waals surface area contributed by atoms with Crippen LogP contribution in [0.2, 0.25) is 0 Å². The number of benzene rings is 2. The minimum absolute atomic E-state index is 0.343. The lowest BCUT2D eigenvalue weighted by atomic mass is 10.0. The monoisotopic (exact) mass is 354 g/mol. The van der Waals surface area contributed by atoms with Crippen molar-refractivity contribution in [2.24, 2.45) is 0 Å². The van der Waals surface area contributed by atoms with E-state index in [-0.39, 0.29) is 5.97 Å². The molecule has 0 aliphatic carbocycles. The maximum absolute atomic E-state index is 12.2. The van der Waals surface area contributed by atoms with Crippen LogP contribution in [-0.2, 0) is 0 Å². The van der Waals surface area contributed by atoms with Crippen molar-refractivity contribution in [1.29, 1.82) is 0 Å². The molecule has 0 bridgehead atoms. The van der Waals surface area contributed by atoms with Gasteiger partial charge in [-0.25, -0.2) is 4.79 Å². The molecular formula is C23H30O3. The van der Waals surface area contributed by atoms with Crippen molar-refractivity contribution >= 4 is 5.97 Å². The van der Waals surface area contributed by atoms with E-state index in [0.717, 1.165) is 18.8 Å². The van der Waals surface area contributed by atoms with E-state index in [2.05, 4.69) is 20.8 Å². The van der Waals surface area contributed by atoms with Crippen molar-refractivity contribution in [3.05, 3.63) is 59.7 Å². The van der Waals surface area contributed by atoms with Gasteiger partial charge >= 0.3 is 5.97 Å². The fraction of sp³-hybridized carbons (Fsp3) is 0.435. The van der Waals surface area contributed by atoms with Gasteiger partial charge in [-0.15, -0.1) is 0 Å². The predicted molar refractivity (Wildman–Crippen MR) is 106 cm³/mol. The zero-order chi connectivity index (χ0) is 18.8. The molecule has 0 radical (unpaired) electrons. The third-order valence-electron chi connectivity index (χ3n) is 4.36. The molecule has 2 aromatic carbocycles. The molecule has 2 aromatic rings. The Morgan fingerprint density at radius 2 is 1.46 bits per heavy atom. The van der Waals surface area contributed by atoms with E-state index in [1.807, 2.05) is 36.4 Å². The quantitative estimate of drug-likeness (QED) is 0.282. The molecule has 3 heteroatoms. The molecule has 0 aliphatic rings. The Bertz CT molecular complexity index is 657. The Labute approximate surface area is 157 Å². The van der Waals surface area contributed by atoms with Crippen LogP contribution in [0.1, 0.15) is 74.7 Å². The van der Waals surface area contributed by atoms with E-state index >= 15 is 0 Å². The SMILES string of the molecule is CCCCCCCOc1ccc(OC(=O)c2ccc(C(C)C)cc2)cc1. The number of carbonyl (C=O) groups is 1. The number of hydrogen-bond acceptors (Lipinski definition) is 3. The Balaban J connectivity index is 1.79. The minimum atomic E-state index is -0.343. The molecule has 0 heterocycles. The maximum Gasteiger partial charge on any atom is 0.343 e. The van der Waals surface area contributed by atoms with Gasteiger partial charge in [-0.05, 0) is 54.3 Å². The third-order valence-corrected chi connectivity index (χ3v) is 4.36. The van der Waals surface area contributed by atoms with Crippen LogP contribution >= 0.6 is 0 Å². The largest absolute Gasteiger partial charge is 0.494 e. The predicted octanol–water partition coefficient (Wildman–Crippen LogP) is 6.38. The Morgan fingerprint density at radius 1 is 0.846 bits per heavy atom. The molecule has 0 N–H and O–H groups in total. The number of carbonyl (C=O) groups excluding carboxylic acids is 1. The second-order valence-corrected chi connectivity index (χ2v) is 6.90. The average molecular weight is 354 g/mol. The molecule has 0 saturated heterocycles. The van der Waals surface area contributed by atoms with Gasteiger partial charge < -0.3 is 9.47 Å². The standard InChI is InChI=1S/C23H30O3/c1-4-5-6-7-8-17-25-21-13-15-22(16-14-21)26-23(24)20-11-9-19(10-12-20)18(2)3/h9-16,18H,4-8,17H2,1-3H3. The van der Waals surface area contributed by atoms with Crippen molar-refractivity contribution < 1.29 is 14.3 Å². The highest BCUT2D eigenvalue weighted by Gasteiger charge is 2.09. The van der Waals surface area contributed by atoms with E-state index < -0.39 is 0 Å². The summed E-state index contributed by atoms with van der Waals surface area (Å²) in [5.41, 5.74) is 1.76. The Morgan fingerprint density at radius 3 is 2.08 bits per heavy atom. The smallest absolute Gasteiger partial charge is 0.343 e. The number of unbranched alkanes of at least 4 members (excludes halogenated alkanes) is 4. The molecule has 0 amide bonds. The summed E-state index contributed by atoms with van der Waals surface area (Å²) in [4.78, 5) is 12.2. The summed E-state index contributed by atoms with van der Waals surface area (Å²) in [7, 11) is 0. The first kappa shape index (κ1) is 20.0. The van der Waals surface area contributed by atoms with E-state index in [9.17, 15) is 4.79 Å². The lowest BCUT2D eigenvalue weighted by Crippen LogP contribution is -2.08. The van der Waals surface area contributed by atoms with Crippen molar-refractivity contribution in [2.45, 2.75) is 58.8 Å². The van der Waals surface area contributed by atoms with E-state index in [1.54, 1.807) is 12.1 Å². The first-order valence-electron chi connectivity index (χ1n) is 9.65. The lowest BCUT2D eigenvalue weighted by molar-refractivity contribution is 0.0734. The summed E-state index contributed by atoms with van der Waals surface area (Å²) in [5.74, 6) is 1.43. The van der Waals surface area contributed by atoms with Crippen molar-refractivity contribution in [3.8, 4) is 11.5 Å². The molecule has 2 rings (SSSR count). The van der Waals surface area contributed by atoms with Crippen LogP contribution in [0.15, 0.2) is 48.5 Å². The number of hydrogen-bond donors (Lipinski definition) is 0. The van der Waals surface area contributed by atoms with Gasteiger partial charge in [0.05, 0.1) is 12.2 Å². The van der Waals surface area contributed by atoms with Gasteiger partial charge in [0.15, 0.2) is 0 Å².